The van der Waals surface area contributed by atoms with Crippen LogP contribution in [0.2, 0.25) is 0 Å². The van der Waals surface area contributed by atoms with Crippen molar-refractivity contribution in [3.05, 3.63) is 29.3 Å². The molecule has 2 N–H and O–H groups in total. The van der Waals surface area contributed by atoms with Crippen molar-refractivity contribution in [3.8, 4) is 5.75 Å². The molecule has 1 aromatic rings. The summed E-state index contributed by atoms with van der Waals surface area (Å²) in [4.78, 5) is 0. The molecule has 0 saturated carbocycles. The van der Waals surface area contributed by atoms with Crippen LogP contribution in [0.3, 0.4) is 0 Å². The fourth-order valence-corrected chi connectivity index (χ4v) is 2.70. The van der Waals surface area contributed by atoms with E-state index in [1.807, 2.05) is 26.0 Å². The van der Waals surface area contributed by atoms with Crippen molar-refractivity contribution in [2.45, 2.75) is 33.6 Å². The normalized spacial score (nSPS) is 13.6. The number of nitrogens with two attached hydrogens (primary N) is 1. The Bertz CT molecular complexity index is 523. The van der Waals surface area contributed by atoms with Crippen molar-refractivity contribution in [2.75, 3.05) is 12.4 Å². The van der Waals surface area contributed by atoms with Gasteiger partial charge in [0, 0.05) is 5.92 Å². The maximum Gasteiger partial charge on any atom is 0.209 e. The molecule has 0 aliphatic carbocycles. The van der Waals surface area contributed by atoms with Crippen molar-refractivity contribution >= 4 is 10.0 Å². The highest BCUT2D eigenvalue weighted by atomic mass is 32.2. The van der Waals surface area contributed by atoms with Crippen LogP contribution in [0.5, 0.6) is 5.75 Å². The lowest BCUT2D eigenvalue weighted by molar-refractivity contribution is 0.270. The molecule has 0 aromatic heterocycles. The zero-order valence-electron chi connectivity index (χ0n) is 12.0. The molecule has 0 saturated heterocycles. The maximum atomic E-state index is 11.0. The average molecular weight is 285 g/mol. The van der Waals surface area contributed by atoms with Crippen molar-refractivity contribution in [1.82, 2.24) is 0 Å². The molecule has 0 heterocycles. The van der Waals surface area contributed by atoms with E-state index in [0.717, 1.165) is 11.3 Å². The van der Waals surface area contributed by atoms with Gasteiger partial charge in [0.05, 0.1) is 12.4 Å². The number of ether oxygens (including phenoxy) is 1. The zero-order chi connectivity index (χ0) is 14.6. The van der Waals surface area contributed by atoms with E-state index >= 15 is 0 Å². The number of sulfonamides is 1. The largest absolute Gasteiger partial charge is 0.493 e. The van der Waals surface area contributed by atoms with Gasteiger partial charge in [0.15, 0.2) is 0 Å². The molecule has 1 atom stereocenters. The Morgan fingerprint density at radius 1 is 1.26 bits per heavy atom. The first-order valence-corrected chi connectivity index (χ1v) is 8.14. The Morgan fingerprint density at radius 3 is 2.42 bits per heavy atom. The molecular formula is C14H23NO3S. The zero-order valence-corrected chi connectivity index (χ0v) is 12.8. The van der Waals surface area contributed by atoms with Crippen molar-refractivity contribution in [1.29, 1.82) is 0 Å². The standard InChI is InChI=1S/C14H23NO3S/c1-10(2)13-6-5-12(4)14(7-13)18-8-11(3)9-19(15,16)17/h5-7,10-11H,8-9H2,1-4H3,(H2,15,16,17). The predicted octanol–water partition coefficient (Wildman–Crippen LogP) is 2.42. The van der Waals surface area contributed by atoms with Gasteiger partial charge in [-0.3, -0.25) is 0 Å². The minimum atomic E-state index is -3.44. The van der Waals surface area contributed by atoms with Gasteiger partial charge in [0.25, 0.3) is 0 Å². The Labute approximate surface area is 116 Å². The first-order valence-electron chi connectivity index (χ1n) is 6.43. The number of hydrogen-bond acceptors (Lipinski definition) is 3. The van der Waals surface area contributed by atoms with Crippen LogP contribution in [0.4, 0.5) is 0 Å². The lowest BCUT2D eigenvalue weighted by Crippen LogP contribution is -2.25. The summed E-state index contributed by atoms with van der Waals surface area (Å²) in [5.41, 5.74) is 2.26. The number of primary sulfonamides is 1. The highest BCUT2D eigenvalue weighted by Gasteiger charge is 2.12. The molecule has 0 spiro atoms. The molecule has 0 amide bonds. The fraction of sp³-hybridized carbons (Fsp3) is 0.571. The molecule has 0 bridgehead atoms. The van der Waals surface area contributed by atoms with Gasteiger partial charge in [0.2, 0.25) is 10.0 Å². The summed E-state index contributed by atoms with van der Waals surface area (Å²) in [6.07, 6.45) is 0. The van der Waals surface area contributed by atoms with Gasteiger partial charge in [-0.1, -0.05) is 32.9 Å². The third-order valence-electron chi connectivity index (χ3n) is 2.92. The van der Waals surface area contributed by atoms with Crippen LogP contribution in [0, 0.1) is 12.8 Å². The van der Waals surface area contributed by atoms with Crippen LogP contribution in [0.1, 0.15) is 37.8 Å². The molecular weight excluding hydrogens is 262 g/mol. The van der Waals surface area contributed by atoms with Crippen LogP contribution < -0.4 is 9.88 Å². The summed E-state index contributed by atoms with van der Waals surface area (Å²) >= 11 is 0. The highest BCUT2D eigenvalue weighted by Crippen LogP contribution is 2.24. The second-order valence-electron chi connectivity index (χ2n) is 5.43. The predicted molar refractivity (Wildman–Crippen MR) is 77.9 cm³/mol. The number of benzene rings is 1. The van der Waals surface area contributed by atoms with Crippen molar-refractivity contribution in [3.63, 3.8) is 0 Å². The smallest absolute Gasteiger partial charge is 0.209 e. The van der Waals surface area contributed by atoms with Crippen molar-refractivity contribution < 1.29 is 13.2 Å². The Hall–Kier alpha value is -1.07. The number of aryl methyl sites for hydroxylation is 1. The van der Waals surface area contributed by atoms with E-state index < -0.39 is 10.0 Å². The fourth-order valence-electron chi connectivity index (χ4n) is 1.81. The van der Waals surface area contributed by atoms with Crippen LogP contribution in [0.25, 0.3) is 0 Å². The molecule has 19 heavy (non-hydrogen) atoms. The summed E-state index contributed by atoms with van der Waals surface area (Å²) in [6, 6.07) is 6.12. The molecule has 0 aliphatic rings. The summed E-state index contributed by atoms with van der Waals surface area (Å²) in [6.45, 7) is 8.38. The van der Waals surface area contributed by atoms with Gasteiger partial charge in [-0.2, -0.15) is 0 Å². The molecule has 0 aliphatic heterocycles. The summed E-state index contributed by atoms with van der Waals surface area (Å²) < 4.78 is 27.7. The summed E-state index contributed by atoms with van der Waals surface area (Å²) in [5.74, 6) is 1.06. The third-order valence-corrected chi connectivity index (χ3v) is 3.95. The third kappa shape index (κ3) is 5.61. The number of rotatable bonds is 6. The quantitative estimate of drug-likeness (QED) is 0.872. The lowest BCUT2D eigenvalue weighted by Gasteiger charge is -2.15. The van der Waals surface area contributed by atoms with E-state index in [-0.39, 0.29) is 11.7 Å². The Morgan fingerprint density at radius 2 is 1.89 bits per heavy atom. The molecule has 1 unspecified atom stereocenters. The molecule has 0 radical (unpaired) electrons. The minimum absolute atomic E-state index is 0.0596. The van der Waals surface area contributed by atoms with Gasteiger partial charge >= 0.3 is 0 Å². The first kappa shape index (κ1) is 16.0. The van der Waals surface area contributed by atoms with E-state index in [9.17, 15) is 8.42 Å². The van der Waals surface area contributed by atoms with Gasteiger partial charge in [-0.25, -0.2) is 13.6 Å². The van der Waals surface area contributed by atoms with Crippen LogP contribution in [0.15, 0.2) is 18.2 Å². The number of hydrogen-bond donors (Lipinski definition) is 1. The topological polar surface area (TPSA) is 69.4 Å². The monoisotopic (exact) mass is 285 g/mol. The molecule has 1 rings (SSSR count). The van der Waals surface area contributed by atoms with E-state index in [1.165, 1.54) is 5.56 Å². The highest BCUT2D eigenvalue weighted by molar-refractivity contribution is 7.89. The van der Waals surface area contributed by atoms with Gasteiger partial charge in [0.1, 0.15) is 5.75 Å². The molecule has 0 fully saturated rings. The Kier molecular flexibility index (Phi) is 5.38. The second kappa shape index (κ2) is 6.39. The van der Waals surface area contributed by atoms with E-state index in [4.69, 9.17) is 9.88 Å². The summed E-state index contributed by atoms with van der Waals surface area (Å²) in [5, 5.41) is 5.02. The van der Waals surface area contributed by atoms with Crippen LogP contribution in [-0.2, 0) is 10.0 Å². The van der Waals surface area contributed by atoms with Crippen LogP contribution in [-0.4, -0.2) is 20.8 Å². The molecule has 4 nitrogen and oxygen atoms in total. The Balaban J connectivity index is 2.69. The molecule has 108 valence electrons. The minimum Gasteiger partial charge on any atom is -0.493 e. The van der Waals surface area contributed by atoms with E-state index in [1.54, 1.807) is 0 Å². The van der Waals surface area contributed by atoms with E-state index in [0.29, 0.717) is 12.5 Å². The van der Waals surface area contributed by atoms with Gasteiger partial charge in [-0.05, 0) is 30.0 Å². The van der Waals surface area contributed by atoms with Crippen LogP contribution >= 0.6 is 0 Å². The average Bonchev–Trinajstić information content (AvgIpc) is 2.25. The summed E-state index contributed by atoms with van der Waals surface area (Å²) in [7, 11) is -3.44. The van der Waals surface area contributed by atoms with Crippen molar-refractivity contribution in [2.24, 2.45) is 11.1 Å². The SMILES string of the molecule is Cc1ccc(C(C)C)cc1OCC(C)CS(N)(=O)=O. The molecule has 1 aromatic carbocycles. The molecule has 5 heteroatoms. The van der Waals surface area contributed by atoms with E-state index in [2.05, 4.69) is 19.9 Å². The van der Waals surface area contributed by atoms with Gasteiger partial charge < -0.3 is 4.74 Å². The second-order valence-corrected chi connectivity index (χ2v) is 7.08. The van der Waals surface area contributed by atoms with Gasteiger partial charge in [-0.15, -0.1) is 0 Å². The first-order chi connectivity index (χ1) is 8.69. The maximum absolute atomic E-state index is 11.0. The lowest BCUT2D eigenvalue weighted by atomic mass is 10.0.